The van der Waals surface area contributed by atoms with Crippen LogP contribution in [0.25, 0.3) is 10.9 Å². The number of anilines is 1. The zero-order valence-electron chi connectivity index (χ0n) is 19.4. The second-order valence-electron chi connectivity index (χ2n) is 8.26. The zero-order chi connectivity index (χ0) is 24.2. The van der Waals surface area contributed by atoms with Gasteiger partial charge in [-0.2, -0.15) is 0 Å². The number of rotatable bonds is 7. The fourth-order valence-electron chi connectivity index (χ4n) is 3.95. The molecule has 0 saturated heterocycles. The number of likely N-dealkylation sites (N-methyl/N-ethyl adjacent to an activating group) is 2. The van der Waals surface area contributed by atoms with Crippen LogP contribution < -0.4 is 4.90 Å². The van der Waals surface area contributed by atoms with E-state index in [0.717, 1.165) is 22.2 Å². The van der Waals surface area contributed by atoms with Gasteiger partial charge in [-0.15, -0.1) is 0 Å². The van der Waals surface area contributed by atoms with Gasteiger partial charge >= 0.3 is 0 Å². The molecule has 0 spiro atoms. The number of nitrogens with zero attached hydrogens (tertiary/aromatic N) is 3. The highest BCUT2D eigenvalue weighted by molar-refractivity contribution is 6.31. The summed E-state index contributed by atoms with van der Waals surface area (Å²) in [6.07, 6.45) is 0. The molecule has 4 rings (SSSR count). The van der Waals surface area contributed by atoms with Gasteiger partial charge in [0.15, 0.2) is 5.88 Å². The van der Waals surface area contributed by atoms with E-state index >= 15 is 0 Å². The van der Waals surface area contributed by atoms with Crippen molar-refractivity contribution >= 4 is 45.5 Å². The van der Waals surface area contributed by atoms with E-state index in [0.29, 0.717) is 35.1 Å². The molecule has 0 atom stereocenters. The first-order valence-corrected chi connectivity index (χ1v) is 11.4. The maximum Gasteiger partial charge on any atom is 0.241 e. The number of aromatic hydroxyl groups is 1. The fourth-order valence-corrected chi connectivity index (χ4v) is 4.12. The summed E-state index contributed by atoms with van der Waals surface area (Å²) in [6, 6.07) is 22.7. The number of benzene rings is 3. The molecule has 0 radical (unpaired) electrons. The van der Waals surface area contributed by atoms with Crippen LogP contribution in [0.1, 0.15) is 18.1 Å². The summed E-state index contributed by atoms with van der Waals surface area (Å²) in [5.41, 5.74) is 4.38. The number of aliphatic imine (C=N–C) groups is 1. The quantitative estimate of drug-likeness (QED) is 0.342. The highest BCUT2D eigenvalue weighted by Crippen LogP contribution is 2.33. The molecular formula is C27H27ClN4O2. The normalized spacial score (nSPS) is 11.9. The van der Waals surface area contributed by atoms with Gasteiger partial charge in [-0.1, -0.05) is 48.0 Å². The summed E-state index contributed by atoms with van der Waals surface area (Å²) in [5.74, 6) is 0.0685. The SMILES string of the molecule is CCN(C(=O)CN(C)C)c1ccc(N=C(c2ccccc2)c2c(O)[nH]c3cc(Cl)ccc23)cc1. The molecule has 34 heavy (non-hydrogen) atoms. The number of fused-ring (bicyclic) bond motifs is 1. The summed E-state index contributed by atoms with van der Waals surface area (Å²) in [4.78, 5) is 24.1. The van der Waals surface area contributed by atoms with E-state index in [2.05, 4.69) is 4.98 Å². The number of halogens is 1. The van der Waals surface area contributed by atoms with Crippen LogP contribution in [-0.2, 0) is 4.79 Å². The molecule has 2 N–H and O–H groups in total. The van der Waals surface area contributed by atoms with Crippen molar-refractivity contribution < 1.29 is 9.90 Å². The van der Waals surface area contributed by atoms with Gasteiger partial charge in [0.25, 0.3) is 0 Å². The number of aromatic nitrogens is 1. The van der Waals surface area contributed by atoms with E-state index in [1.54, 1.807) is 17.0 Å². The lowest BCUT2D eigenvalue weighted by molar-refractivity contribution is -0.119. The first-order valence-electron chi connectivity index (χ1n) is 11.1. The van der Waals surface area contributed by atoms with E-state index in [-0.39, 0.29) is 11.8 Å². The molecule has 0 saturated carbocycles. The van der Waals surface area contributed by atoms with Crippen LogP contribution in [0.3, 0.4) is 0 Å². The summed E-state index contributed by atoms with van der Waals surface area (Å²) >= 11 is 6.15. The largest absolute Gasteiger partial charge is 0.494 e. The summed E-state index contributed by atoms with van der Waals surface area (Å²) < 4.78 is 0. The van der Waals surface area contributed by atoms with Gasteiger partial charge in [-0.25, -0.2) is 4.99 Å². The van der Waals surface area contributed by atoms with E-state index in [9.17, 15) is 9.90 Å². The Morgan fingerprint density at radius 2 is 1.74 bits per heavy atom. The van der Waals surface area contributed by atoms with Crippen molar-refractivity contribution in [1.29, 1.82) is 0 Å². The Morgan fingerprint density at radius 3 is 2.38 bits per heavy atom. The number of nitrogens with one attached hydrogen (secondary N) is 1. The van der Waals surface area contributed by atoms with Crippen LogP contribution in [0.4, 0.5) is 11.4 Å². The second kappa shape index (κ2) is 10.1. The molecular weight excluding hydrogens is 448 g/mol. The van der Waals surface area contributed by atoms with Crippen LogP contribution in [0.2, 0.25) is 5.02 Å². The van der Waals surface area contributed by atoms with Crippen molar-refractivity contribution in [1.82, 2.24) is 9.88 Å². The molecule has 0 unspecified atom stereocenters. The number of amides is 1. The molecule has 7 heteroatoms. The van der Waals surface area contributed by atoms with Crippen molar-refractivity contribution in [3.8, 4) is 5.88 Å². The molecule has 6 nitrogen and oxygen atoms in total. The number of hydrogen-bond donors (Lipinski definition) is 2. The Kier molecular flexibility index (Phi) is 7.01. The topological polar surface area (TPSA) is 71.9 Å². The average molecular weight is 475 g/mol. The minimum Gasteiger partial charge on any atom is -0.494 e. The lowest BCUT2D eigenvalue weighted by Gasteiger charge is -2.23. The predicted molar refractivity (Wildman–Crippen MR) is 140 cm³/mol. The van der Waals surface area contributed by atoms with Gasteiger partial charge in [0.1, 0.15) is 0 Å². The Labute approximate surface area is 204 Å². The predicted octanol–water partition coefficient (Wildman–Crippen LogP) is 5.61. The fraction of sp³-hybridized carbons (Fsp3) is 0.185. The number of hydrogen-bond acceptors (Lipinski definition) is 4. The van der Waals surface area contributed by atoms with Crippen LogP contribution in [-0.4, -0.2) is 53.8 Å². The highest BCUT2D eigenvalue weighted by atomic mass is 35.5. The molecule has 1 aromatic heterocycles. The summed E-state index contributed by atoms with van der Waals surface area (Å²) in [6.45, 7) is 2.88. The van der Waals surface area contributed by atoms with Crippen molar-refractivity contribution in [2.75, 3.05) is 32.1 Å². The summed E-state index contributed by atoms with van der Waals surface area (Å²) in [5, 5.41) is 12.2. The molecule has 0 aliphatic rings. The first-order chi connectivity index (χ1) is 16.4. The molecule has 0 aliphatic heterocycles. The van der Waals surface area contributed by atoms with Crippen molar-refractivity contribution in [2.24, 2.45) is 4.99 Å². The smallest absolute Gasteiger partial charge is 0.241 e. The van der Waals surface area contributed by atoms with Crippen LogP contribution in [0.5, 0.6) is 5.88 Å². The van der Waals surface area contributed by atoms with Crippen molar-refractivity contribution in [2.45, 2.75) is 6.92 Å². The van der Waals surface area contributed by atoms with Crippen LogP contribution >= 0.6 is 11.6 Å². The molecule has 174 valence electrons. The van der Waals surface area contributed by atoms with Crippen LogP contribution in [0.15, 0.2) is 77.8 Å². The molecule has 3 aromatic carbocycles. The number of carbonyl (C=O) groups is 1. The van der Waals surface area contributed by atoms with Gasteiger partial charge in [-0.05, 0) is 57.4 Å². The average Bonchev–Trinajstić information content (AvgIpc) is 3.13. The molecule has 1 amide bonds. The number of aromatic amines is 1. The van der Waals surface area contributed by atoms with Gasteiger partial charge in [0.05, 0.1) is 29.0 Å². The summed E-state index contributed by atoms with van der Waals surface area (Å²) in [7, 11) is 3.76. The minimum atomic E-state index is 0.0305. The third-order valence-electron chi connectivity index (χ3n) is 5.50. The Bertz CT molecular complexity index is 1330. The Morgan fingerprint density at radius 1 is 1.03 bits per heavy atom. The molecule has 0 aliphatic carbocycles. The minimum absolute atomic E-state index is 0.0305. The van der Waals surface area contributed by atoms with E-state index < -0.39 is 0 Å². The Hall–Kier alpha value is -3.61. The van der Waals surface area contributed by atoms with Crippen molar-refractivity contribution in [3.63, 3.8) is 0 Å². The highest BCUT2D eigenvalue weighted by Gasteiger charge is 2.19. The third-order valence-corrected chi connectivity index (χ3v) is 5.73. The monoisotopic (exact) mass is 474 g/mol. The Balaban J connectivity index is 1.77. The van der Waals surface area contributed by atoms with E-state index in [1.165, 1.54) is 0 Å². The first kappa shape index (κ1) is 23.5. The second-order valence-corrected chi connectivity index (χ2v) is 8.69. The van der Waals surface area contributed by atoms with Crippen LogP contribution in [0, 0.1) is 0 Å². The van der Waals surface area contributed by atoms with Gasteiger partial charge < -0.3 is 19.9 Å². The van der Waals surface area contributed by atoms with Gasteiger partial charge in [-0.3, -0.25) is 4.79 Å². The maximum atomic E-state index is 12.6. The lowest BCUT2D eigenvalue weighted by atomic mass is 10.0. The number of carbonyl (C=O) groups excluding carboxylic acids is 1. The molecule has 1 heterocycles. The van der Waals surface area contributed by atoms with E-state index in [1.807, 2.05) is 86.6 Å². The standard InChI is InChI=1S/C27H27ClN4O2/c1-4-32(24(33)17-31(2)3)21-13-11-20(12-14-21)29-26(18-8-6-5-7-9-18)25-22-15-10-19(28)16-23(22)30-27(25)34/h5-16,30,34H,4,17H2,1-3H3. The molecule has 0 fully saturated rings. The van der Waals surface area contributed by atoms with Gasteiger partial charge in [0.2, 0.25) is 5.91 Å². The maximum absolute atomic E-state index is 12.6. The van der Waals surface area contributed by atoms with E-state index in [4.69, 9.17) is 16.6 Å². The third kappa shape index (κ3) is 4.98. The van der Waals surface area contributed by atoms with Crippen molar-refractivity contribution in [3.05, 3.63) is 88.9 Å². The van der Waals surface area contributed by atoms with Gasteiger partial charge in [0, 0.05) is 28.2 Å². The lowest BCUT2D eigenvalue weighted by Crippen LogP contribution is -2.37. The molecule has 0 bridgehead atoms. The number of H-pyrrole nitrogens is 1. The molecule has 4 aromatic rings. The zero-order valence-corrected chi connectivity index (χ0v) is 20.2.